The van der Waals surface area contributed by atoms with E-state index in [1.807, 2.05) is 58.9 Å². The minimum Gasteiger partial charge on any atom is -0.438 e. The first-order valence-corrected chi connectivity index (χ1v) is 11.4. The molecule has 3 heterocycles. The molecule has 0 saturated carbocycles. The summed E-state index contributed by atoms with van der Waals surface area (Å²) in [6.45, 7) is 9.63. The number of hydrogen-bond donors (Lipinski definition) is 0. The fourth-order valence-corrected chi connectivity index (χ4v) is 5.07. The van der Waals surface area contributed by atoms with Gasteiger partial charge in [0.15, 0.2) is 0 Å². The van der Waals surface area contributed by atoms with Crippen molar-refractivity contribution >= 4 is 45.9 Å². The third-order valence-corrected chi connectivity index (χ3v) is 6.53. The molecule has 0 N–H and O–H groups in total. The number of amides is 1. The number of thiocarbonyl (C=S) groups is 1. The summed E-state index contributed by atoms with van der Waals surface area (Å²) >= 11 is 6.56. The number of thioether (sulfide) groups is 1. The molecule has 8 heteroatoms. The summed E-state index contributed by atoms with van der Waals surface area (Å²) in [5.41, 5.74) is 3.27. The van der Waals surface area contributed by atoms with E-state index in [9.17, 15) is 9.59 Å². The van der Waals surface area contributed by atoms with Crippen molar-refractivity contribution in [3.63, 3.8) is 0 Å². The number of carbonyl (C=O) groups is 1. The number of fused-ring (bicyclic) bond motifs is 1. The predicted molar refractivity (Wildman–Crippen MR) is 132 cm³/mol. The van der Waals surface area contributed by atoms with Crippen molar-refractivity contribution in [3.05, 3.63) is 74.0 Å². The van der Waals surface area contributed by atoms with Crippen LogP contribution in [0.3, 0.4) is 0 Å². The van der Waals surface area contributed by atoms with Crippen molar-refractivity contribution in [3.8, 4) is 11.6 Å². The molecule has 0 spiro atoms. The number of benzene rings is 1. The Morgan fingerprint density at radius 3 is 2.53 bits per heavy atom. The first kappa shape index (κ1) is 22.2. The number of hydrogen-bond acceptors (Lipinski definition) is 6. The minimum absolute atomic E-state index is 0.0715. The highest BCUT2D eigenvalue weighted by molar-refractivity contribution is 8.26. The van der Waals surface area contributed by atoms with E-state index in [1.54, 1.807) is 23.2 Å². The van der Waals surface area contributed by atoms with Crippen LogP contribution in [-0.4, -0.2) is 30.6 Å². The van der Waals surface area contributed by atoms with E-state index in [0.29, 0.717) is 20.6 Å². The smallest absolute Gasteiger partial charge is 0.269 e. The molecule has 32 heavy (non-hydrogen) atoms. The van der Waals surface area contributed by atoms with E-state index in [4.69, 9.17) is 17.0 Å². The molecule has 1 aliphatic rings. The van der Waals surface area contributed by atoms with Crippen LogP contribution >= 0.6 is 24.0 Å². The fourth-order valence-electron chi connectivity index (χ4n) is 3.57. The first-order valence-electron chi connectivity index (χ1n) is 10.2. The molecule has 4 rings (SSSR count). The molecular weight excluding hydrogens is 442 g/mol. The lowest BCUT2D eigenvalue weighted by molar-refractivity contribution is -0.123. The number of aryl methyl sites for hydroxylation is 3. The third-order valence-electron chi connectivity index (χ3n) is 5.20. The molecule has 1 saturated heterocycles. The second-order valence-corrected chi connectivity index (χ2v) is 9.71. The predicted octanol–water partition coefficient (Wildman–Crippen LogP) is 5.02. The van der Waals surface area contributed by atoms with Crippen molar-refractivity contribution in [1.82, 2.24) is 14.3 Å². The normalized spacial score (nSPS) is 15.4. The number of nitrogens with zero attached hydrogens (tertiary/aromatic N) is 3. The van der Waals surface area contributed by atoms with Crippen molar-refractivity contribution in [2.45, 2.75) is 40.7 Å². The number of rotatable bonds is 4. The van der Waals surface area contributed by atoms with Gasteiger partial charge in [0.2, 0.25) is 5.88 Å². The summed E-state index contributed by atoms with van der Waals surface area (Å²) < 4.78 is 8.09. The Morgan fingerprint density at radius 1 is 1.12 bits per heavy atom. The summed E-state index contributed by atoms with van der Waals surface area (Å²) in [5, 5.41) is 0. The number of ether oxygens (including phenoxy) is 1. The Balaban J connectivity index is 1.92. The van der Waals surface area contributed by atoms with Gasteiger partial charge in [-0.05, 0) is 64.0 Å². The SMILES string of the molecule is Cc1ccc(Oc2nc3c(C)cccn3c(=O)c2/C=C2/SC(=S)N(C(C)C)C2=O)c(C)c1. The molecule has 2 aromatic heterocycles. The number of carbonyl (C=O) groups excluding carboxylic acids is 1. The highest BCUT2D eigenvalue weighted by Gasteiger charge is 2.34. The van der Waals surface area contributed by atoms with Crippen LogP contribution in [0.5, 0.6) is 11.6 Å². The van der Waals surface area contributed by atoms with E-state index in [1.165, 1.54) is 16.2 Å². The molecule has 1 aliphatic heterocycles. The quantitative estimate of drug-likeness (QED) is 0.398. The Morgan fingerprint density at radius 2 is 1.88 bits per heavy atom. The minimum atomic E-state index is -0.312. The van der Waals surface area contributed by atoms with E-state index >= 15 is 0 Å². The summed E-state index contributed by atoms with van der Waals surface area (Å²) in [6, 6.07) is 9.40. The van der Waals surface area contributed by atoms with Gasteiger partial charge in [0.1, 0.15) is 21.3 Å². The van der Waals surface area contributed by atoms with Gasteiger partial charge in [0, 0.05) is 12.2 Å². The van der Waals surface area contributed by atoms with Crippen molar-refractivity contribution in [1.29, 1.82) is 0 Å². The zero-order valence-corrected chi connectivity index (χ0v) is 20.1. The number of aromatic nitrogens is 2. The molecule has 0 bridgehead atoms. The summed E-state index contributed by atoms with van der Waals surface area (Å²) in [4.78, 5) is 33.0. The molecular formula is C24H23N3O3S2. The molecule has 0 radical (unpaired) electrons. The van der Waals surface area contributed by atoms with E-state index in [0.717, 1.165) is 16.7 Å². The van der Waals surface area contributed by atoms with Crippen LogP contribution in [0.15, 0.2) is 46.2 Å². The Labute approximate surface area is 195 Å². The van der Waals surface area contributed by atoms with E-state index in [-0.39, 0.29) is 29.0 Å². The molecule has 1 aromatic carbocycles. The first-order chi connectivity index (χ1) is 15.2. The average molecular weight is 466 g/mol. The third kappa shape index (κ3) is 3.96. The Hall–Kier alpha value is -2.97. The highest BCUT2D eigenvalue weighted by atomic mass is 32.2. The van der Waals surface area contributed by atoms with Gasteiger partial charge in [0.25, 0.3) is 11.5 Å². The lowest BCUT2D eigenvalue weighted by Crippen LogP contribution is -2.34. The van der Waals surface area contributed by atoms with Gasteiger partial charge in [-0.2, -0.15) is 4.98 Å². The van der Waals surface area contributed by atoms with E-state index < -0.39 is 0 Å². The Bertz CT molecular complexity index is 1360. The summed E-state index contributed by atoms with van der Waals surface area (Å²) in [7, 11) is 0. The molecule has 1 fully saturated rings. The largest absolute Gasteiger partial charge is 0.438 e. The van der Waals surface area contributed by atoms with Gasteiger partial charge < -0.3 is 4.74 Å². The van der Waals surface area contributed by atoms with Crippen molar-refractivity contribution < 1.29 is 9.53 Å². The van der Waals surface area contributed by atoms with Crippen LogP contribution in [0.25, 0.3) is 11.7 Å². The van der Waals surface area contributed by atoms with Gasteiger partial charge in [-0.1, -0.05) is 47.7 Å². The lowest BCUT2D eigenvalue weighted by Gasteiger charge is -2.18. The monoisotopic (exact) mass is 465 g/mol. The van der Waals surface area contributed by atoms with E-state index in [2.05, 4.69) is 4.98 Å². The van der Waals surface area contributed by atoms with Crippen LogP contribution in [0.1, 0.15) is 36.1 Å². The highest BCUT2D eigenvalue weighted by Crippen LogP contribution is 2.35. The molecule has 0 unspecified atom stereocenters. The zero-order chi connectivity index (χ0) is 23.2. The van der Waals surface area contributed by atoms with Crippen LogP contribution < -0.4 is 10.3 Å². The lowest BCUT2D eigenvalue weighted by atomic mass is 10.1. The molecule has 164 valence electrons. The maximum Gasteiger partial charge on any atom is 0.269 e. The average Bonchev–Trinajstić information content (AvgIpc) is 3.00. The summed E-state index contributed by atoms with van der Waals surface area (Å²) in [6.07, 6.45) is 3.21. The molecule has 6 nitrogen and oxygen atoms in total. The van der Waals surface area contributed by atoms with Gasteiger partial charge in [0.05, 0.1) is 4.91 Å². The topological polar surface area (TPSA) is 63.9 Å². The van der Waals surface area contributed by atoms with Crippen molar-refractivity contribution in [2.75, 3.05) is 0 Å². The standard InChI is InChI=1S/C24H23N3O3S2/c1-13(2)27-23(29)19(32-24(27)31)12-17-21(30-18-9-8-14(3)11-16(18)5)25-20-15(4)7-6-10-26(20)22(17)28/h6-13H,1-5H3/b19-12+. The van der Waals surface area contributed by atoms with Crippen LogP contribution in [0.4, 0.5) is 0 Å². The molecule has 1 amide bonds. The van der Waals surface area contributed by atoms with Gasteiger partial charge in [-0.15, -0.1) is 0 Å². The van der Waals surface area contributed by atoms with Crippen molar-refractivity contribution in [2.24, 2.45) is 0 Å². The summed E-state index contributed by atoms with van der Waals surface area (Å²) in [5.74, 6) is 0.539. The molecule has 3 aromatic rings. The zero-order valence-electron chi connectivity index (χ0n) is 18.5. The maximum atomic E-state index is 13.5. The Kier molecular flexibility index (Phi) is 5.92. The second kappa shape index (κ2) is 8.52. The van der Waals surface area contributed by atoms with Gasteiger partial charge in [-0.3, -0.25) is 18.9 Å². The maximum absolute atomic E-state index is 13.5. The number of pyridine rings is 1. The van der Waals surface area contributed by atoms with Gasteiger partial charge in [-0.25, -0.2) is 0 Å². The molecule has 0 atom stereocenters. The van der Waals surface area contributed by atoms with Crippen LogP contribution in [0.2, 0.25) is 0 Å². The van der Waals surface area contributed by atoms with Gasteiger partial charge >= 0.3 is 0 Å². The van der Waals surface area contributed by atoms with Crippen LogP contribution in [0, 0.1) is 20.8 Å². The second-order valence-electron chi connectivity index (χ2n) is 8.04. The van der Waals surface area contributed by atoms with Crippen LogP contribution in [-0.2, 0) is 4.79 Å². The fraction of sp³-hybridized carbons (Fsp3) is 0.250. The molecule has 0 aliphatic carbocycles.